The Morgan fingerprint density at radius 1 is 0.235 bits per heavy atom. The summed E-state index contributed by atoms with van der Waals surface area (Å²) in [4.78, 5) is 0. The van der Waals surface area contributed by atoms with Crippen LogP contribution in [0, 0.1) is 0 Å². The van der Waals surface area contributed by atoms with Gasteiger partial charge in [-0.15, -0.1) is 0 Å². The quantitative estimate of drug-likeness (QED) is 0.175. The molecular weight excluding hydrogens is 615 g/mol. The van der Waals surface area contributed by atoms with Crippen LogP contribution < -0.4 is 0 Å². The first-order valence-corrected chi connectivity index (χ1v) is 17.6. The first kappa shape index (κ1) is 29.2. The van der Waals surface area contributed by atoms with Gasteiger partial charge < -0.3 is 4.57 Å². The highest BCUT2D eigenvalue weighted by atomic mass is 15.0. The van der Waals surface area contributed by atoms with E-state index < -0.39 is 0 Å². The van der Waals surface area contributed by atoms with E-state index >= 15 is 0 Å². The van der Waals surface area contributed by atoms with Crippen LogP contribution in [-0.2, 0) is 0 Å². The van der Waals surface area contributed by atoms with Crippen molar-refractivity contribution in [3.8, 4) is 50.2 Å². The van der Waals surface area contributed by atoms with E-state index in [0.717, 1.165) is 0 Å². The molecule has 0 amide bonds. The van der Waals surface area contributed by atoms with Gasteiger partial charge in [-0.2, -0.15) is 0 Å². The van der Waals surface area contributed by atoms with Crippen LogP contribution in [0.15, 0.2) is 200 Å². The third-order valence-electron chi connectivity index (χ3n) is 10.4. The van der Waals surface area contributed by atoms with E-state index in [1.165, 1.54) is 93.5 Å². The normalized spacial score (nSPS) is 11.5. The maximum Gasteiger partial charge on any atom is 0.0541 e. The fourth-order valence-corrected chi connectivity index (χ4v) is 7.69. The van der Waals surface area contributed by atoms with Crippen LogP contribution in [-0.4, -0.2) is 4.57 Å². The average Bonchev–Trinajstić information content (AvgIpc) is 3.54. The van der Waals surface area contributed by atoms with Gasteiger partial charge in [0, 0.05) is 16.5 Å². The lowest BCUT2D eigenvalue weighted by Crippen LogP contribution is -1.93. The SMILES string of the molecule is c1ccc(-c2ccc(-n3c4ccccc4c4cc(-c5ccc(-c6ccc7cc(-c8ccc9ccccc9c8)ccc7c6)cc5)ccc43)cc2)cc1. The molecule has 238 valence electrons. The standard InChI is InChI=1S/C50H33N/c1-2-8-34(9-3-1)36-24-27-46(28-25-36)51-49-13-7-6-12-47(49)48-33-45(26-29-50(48)51)38-16-14-37(15-17-38)40-20-21-43-32-44(23-22-42(43)31-40)41-19-18-35-10-4-5-11-39(35)30-41/h1-33H. The lowest BCUT2D eigenvalue weighted by Gasteiger charge is -2.10. The molecule has 1 nitrogen and oxygen atoms in total. The summed E-state index contributed by atoms with van der Waals surface area (Å²) in [5.74, 6) is 0. The Morgan fingerprint density at radius 3 is 1.33 bits per heavy atom. The zero-order valence-electron chi connectivity index (χ0n) is 28.0. The molecule has 1 heterocycles. The zero-order chi connectivity index (χ0) is 33.7. The van der Waals surface area contributed by atoms with Crippen LogP contribution in [0.2, 0.25) is 0 Å². The Balaban J connectivity index is 0.956. The van der Waals surface area contributed by atoms with Gasteiger partial charge in [-0.25, -0.2) is 0 Å². The molecule has 0 fully saturated rings. The molecule has 0 radical (unpaired) electrons. The average molecular weight is 648 g/mol. The Morgan fingerprint density at radius 2 is 0.647 bits per heavy atom. The molecule has 0 bridgehead atoms. The minimum Gasteiger partial charge on any atom is -0.309 e. The summed E-state index contributed by atoms with van der Waals surface area (Å²) in [6.07, 6.45) is 0. The number of fused-ring (bicyclic) bond motifs is 5. The van der Waals surface area contributed by atoms with Crippen molar-refractivity contribution in [1.29, 1.82) is 0 Å². The van der Waals surface area contributed by atoms with Crippen molar-refractivity contribution in [2.75, 3.05) is 0 Å². The van der Waals surface area contributed by atoms with Crippen molar-refractivity contribution in [2.45, 2.75) is 0 Å². The Kier molecular flexibility index (Phi) is 6.89. The Hall–Kier alpha value is -6.70. The summed E-state index contributed by atoms with van der Waals surface area (Å²) in [7, 11) is 0. The molecular formula is C50H33N. The third-order valence-corrected chi connectivity index (χ3v) is 10.4. The molecule has 51 heavy (non-hydrogen) atoms. The van der Waals surface area contributed by atoms with Gasteiger partial charge in [-0.3, -0.25) is 0 Å². The molecule has 0 aliphatic heterocycles. The van der Waals surface area contributed by atoms with Crippen LogP contribution in [0.4, 0.5) is 0 Å². The van der Waals surface area contributed by atoms with Gasteiger partial charge in [-0.05, 0) is 115 Å². The molecule has 0 aliphatic rings. The number of benzene rings is 9. The van der Waals surface area contributed by atoms with Gasteiger partial charge in [0.15, 0.2) is 0 Å². The summed E-state index contributed by atoms with van der Waals surface area (Å²) in [5, 5.41) is 7.56. The number of rotatable bonds is 5. The predicted molar refractivity (Wildman–Crippen MR) is 218 cm³/mol. The van der Waals surface area contributed by atoms with Gasteiger partial charge in [-0.1, -0.05) is 152 Å². The minimum absolute atomic E-state index is 1.17. The molecule has 0 spiro atoms. The van der Waals surface area contributed by atoms with Gasteiger partial charge in [0.2, 0.25) is 0 Å². The topological polar surface area (TPSA) is 4.93 Å². The van der Waals surface area contributed by atoms with E-state index in [4.69, 9.17) is 0 Å². The molecule has 0 unspecified atom stereocenters. The van der Waals surface area contributed by atoms with Gasteiger partial charge in [0.05, 0.1) is 11.0 Å². The van der Waals surface area contributed by atoms with Crippen molar-refractivity contribution in [3.05, 3.63) is 200 Å². The molecule has 0 aliphatic carbocycles. The summed E-state index contributed by atoms with van der Waals surface area (Å²) < 4.78 is 2.39. The number of para-hydroxylation sites is 1. The van der Waals surface area contributed by atoms with Crippen molar-refractivity contribution in [3.63, 3.8) is 0 Å². The van der Waals surface area contributed by atoms with Gasteiger partial charge in [0.1, 0.15) is 0 Å². The number of nitrogens with zero attached hydrogens (tertiary/aromatic N) is 1. The Bertz CT molecular complexity index is 2880. The first-order chi connectivity index (χ1) is 25.2. The maximum atomic E-state index is 2.39. The van der Waals surface area contributed by atoms with Crippen molar-refractivity contribution in [1.82, 2.24) is 4.57 Å². The fraction of sp³-hybridized carbons (Fsp3) is 0. The van der Waals surface area contributed by atoms with Crippen molar-refractivity contribution < 1.29 is 0 Å². The molecule has 0 N–H and O–H groups in total. The molecule has 10 aromatic rings. The predicted octanol–water partition coefficient (Wildman–Crippen LogP) is 13.8. The fourth-order valence-electron chi connectivity index (χ4n) is 7.69. The highest BCUT2D eigenvalue weighted by molar-refractivity contribution is 6.10. The van der Waals surface area contributed by atoms with Crippen LogP contribution >= 0.6 is 0 Å². The smallest absolute Gasteiger partial charge is 0.0541 e. The molecule has 9 aromatic carbocycles. The number of hydrogen-bond acceptors (Lipinski definition) is 0. The largest absolute Gasteiger partial charge is 0.309 e. The van der Waals surface area contributed by atoms with Gasteiger partial charge in [0.25, 0.3) is 0 Å². The third kappa shape index (κ3) is 5.19. The van der Waals surface area contributed by atoms with Crippen molar-refractivity contribution in [2.24, 2.45) is 0 Å². The van der Waals surface area contributed by atoms with Gasteiger partial charge >= 0.3 is 0 Å². The van der Waals surface area contributed by atoms with Crippen LogP contribution in [0.5, 0.6) is 0 Å². The number of hydrogen-bond donors (Lipinski definition) is 0. The van der Waals surface area contributed by atoms with Crippen LogP contribution in [0.1, 0.15) is 0 Å². The number of aromatic nitrogens is 1. The van der Waals surface area contributed by atoms with E-state index in [1.807, 2.05) is 0 Å². The van der Waals surface area contributed by atoms with Crippen LogP contribution in [0.25, 0.3) is 93.5 Å². The highest BCUT2D eigenvalue weighted by Crippen LogP contribution is 2.36. The molecule has 10 rings (SSSR count). The molecule has 0 saturated carbocycles. The van der Waals surface area contributed by atoms with E-state index in [0.29, 0.717) is 0 Å². The Labute approximate surface area is 297 Å². The summed E-state index contributed by atoms with van der Waals surface area (Å²) in [6.45, 7) is 0. The van der Waals surface area contributed by atoms with E-state index in [1.54, 1.807) is 0 Å². The second-order valence-electron chi connectivity index (χ2n) is 13.4. The zero-order valence-corrected chi connectivity index (χ0v) is 28.0. The lowest BCUT2D eigenvalue weighted by atomic mass is 9.95. The van der Waals surface area contributed by atoms with E-state index in [9.17, 15) is 0 Å². The minimum atomic E-state index is 1.17. The van der Waals surface area contributed by atoms with E-state index in [2.05, 4.69) is 205 Å². The monoisotopic (exact) mass is 647 g/mol. The first-order valence-electron chi connectivity index (χ1n) is 17.6. The molecule has 0 saturated heterocycles. The summed E-state index contributed by atoms with van der Waals surface area (Å²) in [6, 6.07) is 73.0. The van der Waals surface area contributed by atoms with E-state index in [-0.39, 0.29) is 0 Å². The lowest BCUT2D eigenvalue weighted by molar-refractivity contribution is 1.18. The highest BCUT2D eigenvalue weighted by Gasteiger charge is 2.14. The summed E-state index contributed by atoms with van der Waals surface area (Å²) in [5.41, 5.74) is 13.4. The maximum absolute atomic E-state index is 2.39. The van der Waals surface area contributed by atoms with Crippen molar-refractivity contribution >= 4 is 43.4 Å². The molecule has 1 heteroatoms. The molecule has 0 atom stereocenters. The molecule has 1 aromatic heterocycles. The second-order valence-corrected chi connectivity index (χ2v) is 13.4. The second kappa shape index (κ2) is 12.0. The summed E-state index contributed by atoms with van der Waals surface area (Å²) >= 11 is 0. The van der Waals surface area contributed by atoms with Crippen LogP contribution in [0.3, 0.4) is 0 Å².